The van der Waals surface area contributed by atoms with Crippen LogP contribution in [0.25, 0.3) is 0 Å². The molecule has 2 aromatic rings. The number of hydrogen-bond donors (Lipinski definition) is 1. The van der Waals surface area contributed by atoms with E-state index in [0.29, 0.717) is 22.0 Å². The van der Waals surface area contributed by atoms with E-state index in [1.165, 1.54) is 11.0 Å². The second kappa shape index (κ2) is 10.6. The highest BCUT2D eigenvalue weighted by atomic mass is 35.5. The van der Waals surface area contributed by atoms with Crippen molar-refractivity contribution in [2.75, 3.05) is 30.9 Å². The zero-order chi connectivity index (χ0) is 25.1. The van der Waals surface area contributed by atoms with Crippen LogP contribution in [0, 0.1) is 0 Å². The molecule has 2 aromatic carbocycles. The molecule has 1 N–H and O–H groups in total. The van der Waals surface area contributed by atoms with Crippen molar-refractivity contribution in [3.8, 4) is 0 Å². The second-order valence-corrected chi connectivity index (χ2v) is 12.6. The molecule has 0 aliphatic carbocycles. The first-order valence-corrected chi connectivity index (χ1v) is 14.0. The van der Waals surface area contributed by atoms with Crippen LogP contribution in [0.2, 0.25) is 5.02 Å². The van der Waals surface area contributed by atoms with Gasteiger partial charge in [0.15, 0.2) is 0 Å². The fourth-order valence-electron chi connectivity index (χ4n) is 3.53. The number of halogens is 1. The third kappa shape index (κ3) is 6.71. The monoisotopic (exact) mass is 527 g/mol. The van der Waals surface area contributed by atoms with E-state index in [1.807, 2.05) is 6.07 Å². The number of carbonyl (C=O) groups excluding carboxylic acids is 1. The second-order valence-electron chi connectivity index (χ2n) is 9.06. The maximum atomic E-state index is 13.0. The standard InChI is InChI=1S/C23H30ClN3O5S2/c1-23(2,3)32-22(28)27(15-17-8-5-9-18(24)14-17)13-7-12-25-34(30,31)20-11-6-10-19-21(20)33(29)16-26(19)4/h5-6,8-11,14,25H,7,12-13,15-16H2,1-4H3. The van der Waals surface area contributed by atoms with E-state index in [4.69, 9.17) is 16.3 Å². The Labute approximate surface area is 208 Å². The Hall–Kier alpha value is -2.14. The van der Waals surface area contributed by atoms with Gasteiger partial charge in [0.25, 0.3) is 0 Å². The molecule has 34 heavy (non-hydrogen) atoms. The average molecular weight is 528 g/mol. The molecule has 1 aliphatic heterocycles. The van der Waals surface area contributed by atoms with Gasteiger partial charge in [0.1, 0.15) is 10.5 Å². The Kier molecular flexibility index (Phi) is 8.28. The van der Waals surface area contributed by atoms with Crippen molar-refractivity contribution in [2.24, 2.45) is 0 Å². The molecule has 0 spiro atoms. The summed E-state index contributed by atoms with van der Waals surface area (Å²) < 4.78 is 46.5. The Bertz CT molecular complexity index is 1180. The van der Waals surface area contributed by atoms with Crippen molar-refractivity contribution in [3.63, 3.8) is 0 Å². The van der Waals surface area contributed by atoms with Crippen LogP contribution in [0.4, 0.5) is 10.5 Å². The number of carbonyl (C=O) groups is 1. The van der Waals surface area contributed by atoms with Gasteiger partial charge in [-0.05, 0) is 57.0 Å². The molecule has 0 fully saturated rings. The normalized spacial score (nSPS) is 15.8. The molecular weight excluding hydrogens is 498 g/mol. The fraction of sp³-hybridized carbons (Fsp3) is 0.435. The average Bonchev–Trinajstić information content (AvgIpc) is 3.03. The molecule has 8 nitrogen and oxygen atoms in total. The van der Waals surface area contributed by atoms with Crippen LogP contribution in [0.3, 0.4) is 0 Å². The van der Waals surface area contributed by atoms with Gasteiger partial charge in [-0.25, -0.2) is 17.9 Å². The smallest absolute Gasteiger partial charge is 0.410 e. The zero-order valence-electron chi connectivity index (χ0n) is 19.7. The lowest BCUT2D eigenvalue weighted by Gasteiger charge is -2.27. The molecule has 1 atom stereocenters. The van der Waals surface area contributed by atoms with Crippen LogP contribution in [-0.4, -0.2) is 55.2 Å². The van der Waals surface area contributed by atoms with Crippen molar-refractivity contribution >= 4 is 44.2 Å². The maximum absolute atomic E-state index is 13.0. The highest BCUT2D eigenvalue weighted by Gasteiger charge is 2.31. The number of nitrogens with zero attached hydrogens (tertiary/aromatic N) is 2. The van der Waals surface area contributed by atoms with E-state index >= 15 is 0 Å². The van der Waals surface area contributed by atoms with Crippen molar-refractivity contribution < 1.29 is 22.2 Å². The van der Waals surface area contributed by atoms with E-state index in [-0.39, 0.29) is 30.4 Å². The summed E-state index contributed by atoms with van der Waals surface area (Å²) in [7, 11) is -3.51. The van der Waals surface area contributed by atoms with Crippen LogP contribution in [0.15, 0.2) is 52.3 Å². The molecule has 0 saturated heterocycles. The number of rotatable bonds is 8. The van der Waals surface area contributed by atoms with Gasteiger partial charge < -0.3 is 14.5 Å². The van der Waals surface area contributed by atoms with Gasteiger partial charge in [0.05, 0.1) is 27.3 Å². The number of hydrogen-bond acceptors (Lipinski definition) is 6. The van der Waals surface area contributed by atoms with E-state index in [0.717, 1.165) is 5.56 Å². The maximum Gasteiger partial charge on any atom is 0.410 e. The quantitative estimate of drug-likeness (QED) is 0.522. The van der Waals surface area contributed by atoms with Crippen LogP contribution < -0.4 is 9.62 Å². The predicted molar refractivity (Wildman–Crippen MR) is 134 cm³/mol. The summed E-state index contributed by atoms with van der Waals surface area (Å²) in [5.74, 6) is 0.260. The number of nitrogens with one attached hydrogen (secondary N) is 1. The molecule has 0 saturated carbocycles. The highest BCUT2D eigenvalue weighted by Crippen LogP contribution is 2.35. The van der Waals surface area contributed by atoms with Crippen LogP contribution in [0.1, 0.15) is 32.8 Å². The zero-order valence-corrected chi connectivity index (χ0v) is 22.1. The predicted octanol–water partition coefficient (Wildman–Crippen LogP) is 3.96. The van der Waals surface area contributed by atoms with Crippen molar-refractivity contribution in [1.82, 2.24) is 9.62 Å². The SMILES string of the molecule is CN1CS(=O)c2c1cccc2S(=O)(=O)NCCCN(Cc1cccc(Cl)c1)C(=O)OC(C)(C)C. The minimum atomic E-state index is -3.88. The minimum Gasteiger partial charge on any atom is -0.444 e. The van der Waals surface area contributed by atoms with Crippen molar-refractivity contribution in [3.05, 3.63) is 53.1 Å². The molecule has 186 valence electrons. The van der Waals surface area contributed by atoms with Crippen LogP contribution in [0.5, 0.6) is 0 Å². The fourth-order valence-corrected chi connectivity index (χ4v) is 6.89. The van der Waals surface area contributed by atoms with E-state index < -0.39 is 32.5 Å². The third-order valence-electron chi connectivity index (χ3n) is 5.01. The lowest BCUT2D eigenvalue weighted by atomic mass is 10.2. The Morgan fingerprint density at radius 3 is 2.62 bits per heavy atom. The summed E-state index contributed by atoms with van der Waals surface area (Å²) >= 11 is 6.07. The van der Waals surface area contributed by atoms with Gasteiger partial charge >= 0.3 is 6.09 Å². The summed E-state index contributed by atoms with van der Waals surface area (Å²) in [6.45, 7) is 6.01. The first-order chi connectivity index (χ1) is 15.9. The summed E-state index contributed by atoms with van der Waals surface area (Å²) in [5, 5.41) is 0.563. The Morgan fingerprint density at radius 1 is 1.24 bits per heavy atom. The molecule has 1 aliphatic rings. The largest absolute Gasteiger partial charge is 0.444 e. The van der Waals surface area contributed by atoms with Crippen LogP contribution >= 0.6 is 11.6 Å². The van der Waals surface area contributed by atoms with Gasteiger partial charge in [-0.2, -0.15) is 0 Å². The first-order valence-electron chi connectivity index (χ1n) is 10.8. The summed E-state index contributed by atoms with van der Waals surface area (Å²) in [6, 6.07) is 12.1. The summed E-state index contributed by atoms with van der Waals surface area (Å²) in [4.78, 5) is 16.4. The first kappa shape index (κ1) is 26.5. The molecule has 1 unspecified atom stereocenters. The van der Waals surface area contributed by atoms with E-state index in [2.05, 4.69) is 4.72 Å². The van der Waals surface area contributed by atoms with Gasteiger partial charge in [-0.1, -0.05) is 29.8 Å². The van der Waals surface area contributed by atoms with Gasteiger partial charge in [-0.15, -0.1) is 0 Å². The molecule has 3 rings (SSSR count). The molecule has 11 heteroatoms. The summed E-state index contributed by atoms with van der Waals surface area (Å²) in [5.41, 5.74) is 0.825. The summed E-state index contributed by atoms with van der Waals surface area (Å²) in [6.07, 6.45) is -0.133. The number of amides is 1. The number of sulfonamides is 1. The molecular formula is C23H30ClN3O5S2. The Balaban J connectivity index is 1.67. The van der Waals surface area contributed by atoms with Crippen molar-refractivity contribution in [2.45, 2.75) is 49.1 Å². The third-order valence-corrected chi connectivity index (χ3v) is 8.38. The number of benzene rings is 2. The van der Waals surface area contributed by atoms with Gasteiger partial charge in [0, 0.05) is 31.7 Å². The van der Waals surface area contributed by atoms with E-state index in [1.54, 1.807) is 63.1 Å². The van der Waals surface area contributed by atoms with Gasteiger partial charge in [-0.3, -0.25) is 4.21 Å². The molecule has 0 aromatic heterocycles. The topological polar surface area (TPSA) is 96.0 Å². The Morgan fingerprint density at radius 2 is 1.94 bits per heavy atom. The minimum absolute atomic E-state index is 0.0237. The highest BCUT2D eigenvalue weighted by molar-refractivity contribution is 7.91. The lowest BCUT2D eigenvalue weighted by Crippen LogP contribution is -2.38. The number of fused-ring (bicyclic) bond motifs is 1. The molecule has 0 radical (unpaired) electrons. The number of anilines is 1. The van der Waals surface area contributed by atoms with Gasteiger partial charge in [0.2, 0.25) is 10.0 Å². The van der Waals surface area contributed by atoms with Crippen molar-refractivity contribution in [1.29, 1.82) is 0 Å². The van der Waals surface area contributed by atoms with E-state index in [9.17, 15) is 17.4 Å². The molecule has 1 heterocycles. The molecule has 0 bridgehead atoms. The van der Waals surface area contributed by atoms with Crippen LogP contribution in [-0.2, 0) is 32.1 Å². The number of ether oxygens (including phenoxy) is 1. The molecule has 1 amide bonds. The lowest BCUT2D eigenvalue weighted by molar-refractivity contribution is 0.0232.